The predicted octanol–water partition coefficient (Wildman–Crippen LogP) is 5.47. The van der Waals surface area contributed by atoms with Gasteiger partial charge in [0.05, 0.1) is 33.6 Å². The maximum atomic E-state index is 13.6. The van der Waals surface area contributed by atoms with E-state index in [1.54, 1.807) is 7.11 Å². The molecule has 1 aliphatic carbocycles. The molecule has 0 saturated carbocycles. The van der Waals surface area contributed by atoms with Gasteiger partial charge in [-0.05, 0) is 71.8 Å². The quantitative estimate of drug-likeness (QED) is 0.237. The number of hydrogen-bond donors (Lipinski definition) is 3. The average Bonchev–Trinajstić information content (AvgIpc) is 2.92. The highest BCUT2D eigenvalue weighted by Gasteiger charge is 2.27. The third-order valence-corrected chi connectivity index (χ3v) is 9.04. The van der Waals surface area contributed by atoms with E-state index in [2.05, 4.69) is 33.6 Å². The van der Waals surface area contributed by atoms with Crippen LogP contribution in [0.4, 0.5) is 4.39 Å². The number of benzene rings is 3. The number of rotatable bonds is 12. The lowest BCUT2D eigenvalue weighted by Gasteiger charge is -2.28. The van der Waals surface area contributed by atoms with Crippen molar-refractivity contribution in [1.29, 1.82) is 0 Å². The smallest absolute Gasteiger partial charge is 0.241 e. The molecule has 2 atom stereocenters. The summed E-state index contributed by atoms with van der Waals surface area (Å²) in [7, 11) is -2.41. The monoisotopic (exact) mass is 607 g/mol. The maximum Gasteiger partial charge on any atom is 0.241 e. The van der Waals surface area contributed by atoms with Gasteiger partial charge in [-0.1, -0.05) is 53.5 Å². The summed E-state index contributed by atoms with van der Waals surface area (Å²) in [6.45, 7) is 2.13. The molecule has 0 aromatic heterocycles. The van der Waals surface area contributed by atoms with Gasteiger partial charge in [-0.15, -0.1) is 0 Å². The first-order valence-electron chi connectivity index (χ1n) is 13.0. The molecule has 11 heteroatoms. The number of carbonyl (C=O) groups excluding carboxylic acids is 1. The molecule has 0 unspecified atom stereocenters. The van der Waals surface area contributed by atoms with E-state index in [1.165, 1.54) is 48.0 Å². The van der Waals surface area contributed by atoms with Crippen molar-refractivity contribution in [2.75, 3.05) is 20.3 Å². The molecule has 1 amide bonds. The van der Waals surface area contributed by atoms with Gasteiger partial charge in [-0.25, -0.2) is 17.5 Å². The van der Waals surface area contributed by atoms with E-state index in [4.69, 9.17) is 27.9 Å². The number of carbonyl (C=O) groups is 1. The number of fused-ring (bicyclic) bond motifs is 1. The van der Waals surface area contributed by atoms with Crippen molar-refractivity contribution in [3.05, 3.63) is 98.8 Å². The zero-order chi connectivity index (χ0) is 28.7. The van der Waals surface area contributed by atoms with Crippen LogP contribution in [0.5, 0.6) is 0 Å². The number of methoxy groups -OCH3 is 1. The molecule has 0 fully saturated rings. The summed E-state index contributed by atoms with van der Waals surface area (Å²) in [5.74, 6) is -0.791. The van der Waals surface area contributed by atoms with E-state index in [9.17, 15) is 17.6 Å². The van der Waals surface area contributed by atoms with Crippen molar-refractivity contribution in [2.45, 2.75) is 49.2 Å². The Morgan fingerprint density at radius 1 is 1.07 bits per heavy atom. The normalized spacial score (nSPS) is 15.8. The lowest BCUT2D eigenvalue weighted by Crippen LogP contribution is -2.36. The van der Waals surface area contributed by atoms with Crippen molar-refractivity contribution in [2.24, 2.45) is 0 Å². The third-order valence-electron chi connectivity index (χ3n) is 6.83. The Morgan fingerprint density at radius 2 is 1.85 bits per heavy atom. The van der Waals surface area contributed by atoms with Gasteiger partial charge in [-0.2, -0.15) is 0 Å². The molecule has 0 saturated heterocycles. The largest absolute Gasteiger partial charge is 0.383 e. The molecular formula is C29H32Cl2FN3O4S. The van der Waals surface area contributed by atoms with Crippen LogP contribution in [-0.2, 0) is 32.5 Å². The van der Waals surface area contributed by atoms with Crippen molar-refractivity contribution >= 4 is 39.1 Å². The van der Waals surface area contributed by atoms with E-state index in [0.717, 1.165) is 43.5 Å². The molecule has 0 bridgehead atoms. The minimum Gasteiger partial charge on any atom is -0.383 e. The minimum absolute atomic E-state index is 0.0884. The Morgan fingerprint density at radius 3 is 2.58 bits per heavy atom. The highest BCUT2D eigenvalue weighted by atomic mass is 35.5. The van der Waals surface area contributed by atoms with Crippen LogP contribution in [0, 0.1) is 5.82 Å². The lowest BCUT2D eigenvalue weighted by atomic mass is 9.86. The highest BCUT2D eigenvalue weighted by molar-refractivity contribution is 7.89. The van der Waals surface area contributed by atoms with Crippen molar-refractivity contribution in [1.82, 2.24) is 15.4 Å². The zero-order valence-electron chi connectivity index (χ0n) is 22.1. The number of hydrogen-bond acceptors (Lipinski definition) is 5. The van der Waals surface area contributed by atoms with Gasteiger partial charge in [0, 0.05) is 26.6 Å². The van der Waals surface area contributed by atoms with Gasteiger partial charge in [0.15, 0.2) is 0 Å². The summed E-state index contributed by atoms with van der Waals surface area (Å²) in [5.41, 5.74) is 3.87. The van der Waals surface area contributed by atoms with E-state index in [1.807, 2.05) is 0 Å². The van der Waals surface area contributed by atoms with Gasteiger partial charge >= 0.3 is 0 Å². The minimum atomic E-state index is -4.08. The van der Waals surface area contributed by atoms with Gasteiger partial charge < -0.3 is 15.4 Å². The van der Waals surface area contributed by atoms with E-state index in [0.29, 0.717) is 12.2 Å². The van der Waals surface area contributed by atoms with Gasteiger partial charge in [0.25, 0.3) is 0 Å². The van der Waals surface area contributed by atoms with Crippen LogP contribution in [0.15, 0.2) is 65.6 Å². The summed E-state index contributed by atoms with van der Waals surface area (Å²) in [6, 6.07) is 14.5. The van der Waals surface area contributed by atoms with Gasteiger partial charge in [0.2, 0.25) is 15.9 Å². The maximum absolute atomic E-state index is 13.6. The summed E-state index contributed by atoms with van der Waals surface area (Å²) < 4.78 is 47.7. The van der Waals surface area contributed by atoms with Crippen molar-refractivity contribution in [3.8, 4) is 0 Å². The second kappa shape index (κ2) is 13.9. The summed E-state index contributed by atoms with van der Waals surface area (Å²) >= 11 is 12.0. The van der Waals surface area contributed by atoms with Crippen LogP contribution in [0.25, 0.3) is 0 Å². The highest BCUT2D eigenvalue weighted by Crippen LogP contribution is 2.31. The summed E-state index contributed by atoms with van der Waals surface area (Å²) in [6.07, 6.45) is 2.44. The van der Waals surface area contributed by atoms with Crippen LogP contribution >= 0.6 is 23.2 Å². The van der Waals surface area contributed by atoms with Crippen LogP contribution in [-0.4, -0.2) is 34.6 Å². The molecule has 3 aromatic carbocycles. The number of amides is 1. The Hall–Kier alpha value is -2.53. The fourth-order valence-corrected chi connectivity index (χ4v) is 6.41. The third kappa shape index (κ3) is 8.02. The second-order valence-corrected chi connectivity index (χ2v) is 12.2. The first kappa shape index (κ1) is 30.4. The molecular weight excluding hydrogens is 576 g/mol. The number of ether oxygens (including phenoxy) is 1. The topological polar surface area (TPSA) is 96.5 Å². The average molecular weight is 609 g/mol. The Bertz CT molecular complexity index is 1440. The van der Waals surface area contributed by atoms with Crippen LogP contribution in [0.3, 0.4) is 0 Å². The van der Waals surface area contributed by atoms with E-state index >= 15 is 0 Å². The molecule has 3 N–H and O–H groups in total. The SMILES string of the molecule is COCCNCc1ccc2c(c1)CCC[C@H]2NC(=O)C[C@@H](NS(=O)(=O)c1ccc(Cl)c(Cl)c1)c1ccc(F)cc1. The molecule has 0 spiro atoms. The predicted molar refractivity (Wildman–Crippen MR) is 154 cm³/mol. The van der Waals surface area contributed by atoms with Crippen LogP contribution < -0.4 is 15.4 Å². The van der Waals surface area contributed by atoms with Crippen LogP contribution in [0.2, 0.25) is 10.0 Å². The number of nitrogens with one attached hydrogen (secondary N) is 3. The van der Waals surface area contributed by atoms with E-state index < -0.39 is 21.9 Å². The first-order chi connectivity index (χ1) is 19.2. The molecule has 40 heavy (non-hydrogen) atoms. The van der Waals surface area contributed by atoms with Gasteiger partial charge in [0.1, 0.15) is 5.82 Å². The molecule has 3 aromatic rings. The standard InChI is InChI=1S/C29H32Cl2FN3O4S/c1-39-14-13-33-18-19-5-11-24-21(15-19)3-2-4-27(24)34-29(36)17-28(20-6-8-22(32)9-7-20)35-40(37,38)23-10-12-25(30)26(31)16-23/h5-12,15-16,27-28,33,35H,2-4,13-14,17-18H2,1H3,(H,34,36)/t27-,28-/m1/s1. The molecule has 0 heterocycles. The number of halogens is 3. The van der Waals surface area contributed by atoms with Crippen molar-refractivity contribution in [3.63, 3.8) is 0 Å². The molecule has 0 aliphatic heterocycles. The van der Waals surface area contributed by atoms with Gasteiger partial charge in [-0.3, -0.25) is 4.79 Å². The fraction of sp³-hybridized carbons (Fsp3) is 0.345. The Labute approximate surface area is 244 Å². The number of sulfonamides is 1. The Balaban J connectivity index is 1.49. The first-order valence-corrected chi connectivity index (χ1v) is 15.2. The fourth-order valence-electron chi connectivity index (χ4n) is 4.80. The zero-order valence-corrected chi connectivity index (χ0v) is 24.4. The van der Waals surface area contributed by atoms with E-state index in [-0.39, 0.29) is 33.3 Å². The lowest BCUT2D eigenvalue weighted by molar-refractivity contribution is -0.122. The molecule has 7 nitrogen and oxygen atoms in total. The van der Waals surface area contributed by atoms with Crippen molar-refractivity contribution < 1.29 is 22.3 Å². The molecule has 4 rings (SSSR count). The second-order valence-electron chi connectivity index (χ2n) is 9.72. The molecule has 0 radical (unpaired) electrons. The number of aryl methyl sites for hydroxylation is 1. The summed E-state index contributed by atoms with van der Waals surface area (Å²) in [5, 5.41) is 6.74. The Kier molecular flexibility index (Phi) is 10.6. The molecule has 214 valence electrons. The summed E-state index contributed by atoms with van der Waals surface area (Å²) in [4.78, 5) is 13.2. The molecule has 1 aliphatic rings. The van der Waals surface area contributed by atoms with Crippen LogP contribution in [0.1, 0.15) is 53.6 Å².